The van der Waals surface area contributed by atoms with Crippen LogP contribution in [0.4, 0.5) is 0 Å². The summed E-state index contributed by atoms with van der Waals surface area (Å²) in [6.45, 7) is 2.42. The molecule has 0 saturated heterocycles. The Morgan fingerprint density at radius 2 is 1.75 bits per heavy atom. The molecular formula is C27H30ClNO3. The molecule has 1 aliphatic carbocycles. The first-order valence-electron chi connectivity index (χ1n) is 11.7. The van der Waals surface area contributed by atoms with Gasteiger partial charge in [-0.05, 0) is 53.6 Å². The zero-order valence-electron chi connectivity index (χ0n) is 18.6. The van der Waals surface area contributed by atoms with Gasteiger partial charge in [0.2, 0.25) is 5.78 Å². The van der Waals surface area contributed by atoms with Crippen molar-refractivity contribution in [2.45, 2.75) is 64.9 Å². The lowest BCUT2D eigenvalue weighted by Crippen LogP contribution is -2.11. The summed E-state index contributed by atoms with van der Waals surface area (Å²) in [6, 6.07) is 13.7. The third-order valence-electron chi connectivity index (χ3n) is 6.59. The first-order chi connectivity index (χ1) is 15.6. The topological polar surface area (TPSA) is 47.8 Å². The SMILES string of the molecule is CCc1c(C(=O)C(=O)Cl)c2c(OCc3ccccc3)cccn2c1CC1CCCCCC1. The van der Waals surface area contributed by atoms with Crippen molar-refractivity contribution in [1.29, 1.82) is 0 Å². The summed E-state index contributed by atoms with van der Waals surface area (Å²) in [7, 11) is 0. The van der Waals surface area contributed by atoms with E-state index in [1.165, 1.54) is 38.5 Å². The Morgan fingerprint density at radius 1 is 1.03 bits per heavy atom. The van der Waals surface area contributed by atoms with Crippen LogP contribution in [0.5, 0.6) is 5.75 Å². The maximum Gasteiger partial charge on any atom is 0.293 e. The summed E-state index contributed by atoms with van der Waals surface area (Å²) in [5.74, 6) is 0.535. The fourth-order valence-corrected chi connectivity index (χ4v) is 5.12. The molecule has 32 heavy (non-hydrogen) atoms. The Morgan fingerprint density at radius 3 is 2.41 bits per heavy atom. The number of halogens is 1. The molecule has 168 valence electrons. The minimum absolute atomic E-state index is 0.383. The molecule has 3 aromatic rings. The maximum atomic E-state index is 13.0. The number of hydrogen-bond acceptors (Lipinski definition) is 3. The van der Waals surface area contributed by atoms with Crippen LogP contribution in [0.25, 0.3) is 5.52 Å². The van der Waals surface area contributed by atoms with Crippen molar-refractivity contribution >= 4 is 28.1 Å². The summed E-state index contributed by atoms with van der Waals surface area (Å²) in [6.07, 6.45) is 11.1. The Bertz CT molecular complexity index is 1100. The smallest absolute Gasteiger partial charge is 0.293 e. The lowest BCUT2D eigenvalue weighted by Gasteiger charge is -2.16. The van der Waals surface area contributed by atoms with Crippen LogP contribution in [0.1, 0.15) is 72.6 Å². The van der Waals surface area contributed by atoms with Crippen molar-refractivity contribution in [3.05, 3.63) is 71.0 Å². The van der Waals surface area contributed by atoms with Gasteiger partial charge in [0.15, 0.2) is 0 Å². The molecule has 4 rings (SSSR count). The number of nitrogens with zero attached hydrogens (tertiary/aromatic N) is 1. The predicted molar refractivity (Wildman–Crippen MR) is 128 cm³/mol. The summed E-state index contributed by atoms with van der Waals surface area (Å²) >= 11 is 5.70. The molecule has 0 spiro atoms. The quantitative estimate of drug-likeness (QED) is 0.169. The third kappa shape index (κ3) is 4.75. The molecule has 1 saturated carbocycles. The second kappa shape index (κ2) is 10.4. The highest BCUT2D eigenvalue weighted by atomic mass is 35.5. The highest BCUT2D eigenvalue weighted by Crippen LogP contribution is 2.36. The Balaban J connectivity index is 1.80. The molecule has 1 aliphatic rings. The molecular weight excluding hydrogens is 422 g/mol. The van der Waals surface area contributed by atoms with Crippen LogP contribution in [0.2, 0.25) is 0 Å². The molecule has 1 aromatic carbocycles. The minimum Gasteiger partial charge on any atom is -0.487 e. The summed E-state index contributed by atoms with van der Waals surface area (Å²) in [4.78, 5) is 24.9. The van der Waals surface area contributed by atoms with Crippen molar-refractivity contribution in [2.24, 2.45) is 5.92 Å². The number of pyridine rings is 1. The van der Waals surface area contributed by atoms with Gasteiger partial charge in [0.05, 0.1) is 11.1 Å². The molecule has 0 radical (unpaired) electrons. The second-order valence-electron chi connectivity index (χ2n) is 8.68. The van der Waals surface area contributed by atoms with Gasteiger partial charge in [-0.2, -0.15) is 0 Å². The number of hydrogen-bond donors (Lipinski definition) is 0. The number of Topliss-reactive ketones (excluding diaryl/α,β-unsaturated/α-hetero) is 1. The molecule has 1 fully saturated rings. The molecule has 0 unspecified atom stereocenters. The van der Waals surface area contributed by atoms with Crippen molar-refractivity contribution in [3.63, 3.8) is 0 Å². The largest absolute Gasteiger partial charge is 0.487 e. The number of fused-ring (bicyclic) bond motifs is 1. The van der Waals surface area contributed by atoms with E-state index in [1.807, 2.05) is 55.6 Å². The molecule has 0 bridgehead atoms. The van der Waals surface area contributed by atoms with Gasteiger partial charge in [-0.1, -0.05) is 75.8 Å². The van der Waals surface area contributed by atoms with Gasteiger partial charge < -0.3 is 9.14 Å². The van der Waals surface area contributed by atoms with Crippen LogP contribution in [0, 0.1) is 5.92 Å². The zero-order chi connectivity index (χ0) is 22.5. The molecule has 5 heteroatoms. The molecule has 2 aromatic heterocycles. The van der Waals surface area contributed by atoms with Crippen molar-refractivity contribution < 1.29 is 14.3 Å². The van der Waals surface area contributed by atoms with Crippen LogP contribution >= 0.6 is 11.6 Å². The van der Waals surface area contributed by atoms with Crippen LogP contribution in [0.3, 0.4) is 0 Å². The van der Waals surface area contributed by atoms with Crippen LogP contribution in [-0.2, 0) is 24.2 Å². The summed E-state index contributed by atoms with van der Waals surface area (Å²) in [5.41, 5.74) is 4.13. The molecule has 0 aliphatic heterocycles. The van der Waals surface area contributed by atoms with Crippen molar-refractivity contribution in [3.8, 4) is 5.75 Å². The molecule has 2 heterocycles. The molecule has 0 amide bonds. The summed E-state index contributed by atoms with van der Waals surface area (Å²) < 4.78 is 8.24. The lowest BCUT2D eigenvalue weighted by molar-refractivity contribution is -0.108. The number of carbonyl (C=O) groups is 2. The summed E-state index contributed by atoms with van der Waals surface area (Å²) in [5, 5.41) is -0.953. The zero-order valence-corrected chi connectivity index (χ0v) is 19.4. The highest BCUT2D eigenvalue weighted by molar-refractivity contribution is 6.83. The Labute approximate surface area is 194 Å². The minimum atomic E-state index is -0.953. The van der Waals surface area contributed by atoms with Gasteiger partial charge in [-0.15, -0.1) is 0 Å². The second-order valence-corrected chi connectivity index (χ2v) is 9.03. The van der Waals surface area contributed by atoms with E-state index in [9.17, 15) is 9.59 Å². The van der Waals surface area contributed by atoms with Crippen LogP contribution in [-0.4, -0.2) is 15.4 Å². The first kappa shape index (κ1) is 22.6. The number of ether oxygens (including phenoxy) is 1. The number of rotatable bonds is 8. The average molecular weight is 452 g/mol. The van der Waals surface area contributed by atoms with Gasteiger partial charge in [0.1, 0.15) is 12.4 Å². The van der Waals surface area contributed by atoms with E-state index in [0.717, 1.165) is 23.2 Å². The van der Waals surface area contributed by atoms with E-state index in [1.54, 1.807) is 0 Å². The maximum absolute atomic E-state index is 13.0. The fourth-order valence-electron chi connectivity index (χ4n) is 5.03. The average Bonchev–Trinajstić information content (AvgIpc) is 2.94. The molecule has 4 nitrogen and oxygen atoms in total. The van der Waals surface area contributed by atoms with Gasteiger partial charge in [0, 0.05) is 11.9 Å². The predicted octanol–water partition coefficient (Wildman–Crippen LogP) is 6.54. The number of ketones is 1. The monoisotopic (exact) mass is 451 g/mol. The van der Waals surface area contributed by atoms with Crippen LogP contribution < -0.4 is 4.74 Å². The first-order valence-corrected chi connectivity index (χ1v) is 12.0. The number of benzene rings is 1. The van der Waals surface area contributed by atoms with Crippen LogP contribution in [0.15, 0.2) is 48.7 Å². The van der Waals surface area contributed by atoms with Gasteiger partial charge in [-0.25, -0.2) is 0 Å². The fraction of sp³-hybridized carbons (Fsp3) is 0.407. The third-order valence-corrected chi connectivity index (χ3v) is 6.76. The standard InChI is InChI=1S/C27H30ClNO3/c1-2-21-22(17-19-11-6-3-4-7-12-19)29-16-10-15-23(25(29)24(21)26(30)27(28)31)32-18-20-13-8-5-9-14-20/h5,8-10,13-16,19H,2-4,6-7,11-12,17-18H2,1H3. The van der Waals surface area contributed by atoms with E-state index in [4.69, 9.17) is 16.3 Å². The Kier molecular flexibility index (Phi) is 7.31. The van der Waals surface area contributed by atoms with Crippen molar-refractivity contribution in [2.75, 3.05) is 0 Å². The molecule has 0 atom stereocenters. The lowest BCUT2D eigenvalue weighted by atomic mass is 9.92. The number of aromatic nitrogens is 1. The van der Waals surface area contributed by atoms with E-state index in [-0.39, 0.29) is 0 Å². The normalized spacial score (nSPS) is 14.9. The van der Waals surface area contributed by atoms with Crippen molar-refractivity contribution in [1.82, 2.24) is 4.40 Å². The molecule has 0 N–H and O–H groups in total. The van der Waals surface area contributed by atoms with E-state index >= 15 is 0 Å². The van der Waals surface area contributed by atoms with E-state index < -0.39 is 11.0 Å². The van der Waals surface area contributed by atoms with Gasteiger partial charge in [0.25, 0.3) is 5.24 Å². The Hall–Kier alpha value is -2.59. The van der Waals surface area contributed by atoms with Gasteiger partial charge in [-0.3, -0.25) is 9.59 Å². The van der Waals surface area contributed by atoms with Gasteiger partial charge >= 0.3 is 0 Å². The van der Waals surface area contributed by atoms with E-state index in [0.29, 0.717) is 35.8 Å². The van der Waals surface area contributed by atoms with E-state index in [2.05, 4.69) is 4.40 Å². The highest BCUT2D eigenvalue weighted by Gasteiger charge is 2.29. The number of carbonyl (C=O) groups excluding carboxylic acids is 2.